The lowest BCUT2D eigenvalue weighted by molar-refractivity contribution is 0.683. The molecule has 13 heavy (non-hydrogen) atoms. The van der Waals surface area contributed by atoms with Crippen molar-refractivity contribution in [2.24, 2.45) is 5.92 Å². The van der Waals surface area contributed by atoms with Crippen LogP contribution in [0.4, 0.5) is 5.13 Å². The van der Waals surface area contributed by atoms with E-state index in [0.717, 1.165) is 24.4 Å². The Balaban J connectivity index is 1.88. The minimum atomic E-state index is 0.227. The van der Waals surface area contributed by atoms with Crippen molar-refractivity contribution in [3.8, 4) is 6.07 Å². The molecular weight excluding hydrogens is 184 g/mol. The molecular formula is C8H10N4S. The van der Waals surface area contributed by atoms with Gasteiger partial charge in [0, 0.05) is 23.5 Å². The number of anilines is 1. The van der Waals surface area contributed by atoms with Gasteiger partial charge in [0.1, 0.15) is 6.33 Å². The van der Waals surface area contributed by atoms with E-state index in [-0.39, 0.29) is 5.92 Å². The van der Waals surface area contributed by atoms with Gasteiger partial charge < -0.3 is 5.32 Å². The van der Waals surface area contributed by atoms with Crippen LogP contribution in [-0.4, -0.2) is 15.4 Å². The molecule has 1 aromatic heterocycles. The van der Waals surface area contributed by atoms with Crippen LogP contribution in [0.25, 0.3) is 0 Å². The second kappa shape index (κ2) is 3.71. The fraction of sp³-hybridized carbons (Fsp3) is 0.625. The molecule has 1 heterocycles. The molecule has 1 fully saturated rings. The van der Waals surface area contributed by atoms with Crippen LogP contribution in [0.15, 0.2) is 6.33 Å². The topological polar surface area (TPSA) is 61.6 Å². The quantitative estimate of drug-likeness (QED) is 0.777. The summed E-state index contributed by atoms with van der Waals surface area (Å²) >= 11 is 1.36. The fourth-order valence-electron chi connectivity index (χ4n) is 1.64. The summed E-state index contributed by atoms with van der Waals surface area (Å²) < 4.78 is 3.91. The van der Waals surface area contributed by atoms with Crippen LogP contribution < -0.4 is 5.32 Å². The van der Waals surface area contributed by atoms with E-state index >= 15 is 0 Å². The molecule has 0 bridgehead atoms. The Bertz CT molecular complexity index is 302. The first kappa shape index (κ1) is 8.45. The van der Waals surface area contributed by atoms with Crippen LogP contribution >= 0.6 is 11.5 Å². The summed E-state index contributed by atoms with van der Waals surface area (Å²) in [6.45, 7) is 0. The number of nitrogens with zero attached hydrogens (tertiary/aromatic N) is 3. The highest BCUT2D eigenvalue weighted by Gasteiger charge is 2.24. The maximum atomic E-state index is 8.71. The number of hydrogen-bond donors (Lipinski definition) is 1. The van der Waals surface area contributed by atoms with E-state index in [9.17, 15) is 0 Å². The zero-order chi connectivity index (χ0) is 9.10. The Morgan fingerprint density at radius 2 is 2.54 bits per heavy atom. The normalized spacial score (nSPS) is 27.0. The van der Waals surface area contributed by atoms with Crippen molar-refractivity contribution in [2.45, 2.75) is 25.3 Å². The van der Waals surface area contributed by atoms with Crippen LogP contribution in [0.5, 0.6) is 0 Å². The number of nitrogens with one attached hydrogen (secondary N) is 1. The van der Waals surface area contributed by atoms with Crippen LogP contribution in [0.1, 0.15) is 19.3 Å². The molecule has 2 atom stereocenters. The van der Waals surface area contributed by atoms with E-state index in [2.05, 4.69) is 20.7 Å². The maximum Gasteiger partial charge on any atom is 0.202 e. The molecule has 0 amide bonds. The van der Waals surface area contributed by atoms with Crippen LogP contribution in [0.3, 0.4) is 0 Å². The van der Waals surface area contributed by atoms with Gasteiger partial charge in [-0.2, -0.15) is 9.64 Å². The molecule has 2 rings (SSSR count). The summed E-state index contributed by atoms with van der Waals surface area (Å²) in [6.07, 6.45) is 4.56. The smallest absolute Gasteiger partial charge is 0.202 e. The fourth-order valence-corrected chi connectivity index (χ4v) is 2.15. The molecule has 1 saturated carbocycles. The molecule has 0 aromatic carbocycles. The van der Waals surface area contributed by atoms with Crippen molar-refractivity contribution in [1.82, 2.24) is 9.36 Å². The summed E-state index contributed by atoms with van der Waals surface area (Å²) in [7, 11) is 0. The lowest BCUT2D eigenvalue weighted by Crippen LogP contribution is -2.14. The summed E-state index contributed by atoms with van der Waals surface area (Å²) in [4.78, 5) is 4.04. The van der Waals surface area contributed by atoms with Crippen molar-refractivity contribution < 1.29 is 0 Å². The molecule has 5 heteroatoms. The number of aromatic nitrogens is 2. The van der Waals surface area contributed by atoms with Crippen LogP contribution in [0, 0.1) is 17.2 Å². The van der Waals surface area contributed by atoms with E-state index in [1.54, 1.807) is 6.33 Å². The first-order valence-corrected chi connectivity index (χ1v) is 5.08. The minimum Gasteiger partial charge on any atom is -0.358 e. The monoisotopic (exact) mass is 194 g/mol. The van der Waals surface area contributed by atoms with Crippen molar-refractivity contribution in [3.05, 3.63) is 6.33 Å². The molecule has 1 aliphatic rings. The molecule has 0 saturated heterocycles. The molecule has 0 aliphatic heterocycles. The summed E-state index contributed by atoms with van der Waals surface area (Å²) in [6, 6.07) is 2.72. The largest absolute Gasteiger partial charge is 0.358 e. The molecule has 68 valence electrons. The standard InChI is InChI=1S/C8H10N4S/c9-4-6-1-2-7(3-6)12-8-10-5-11-13-8/h5-7H,1-3H2,(H,10,11,12). The molecule has 0 spiro atoms. The van der Waals surface area contributed by atoms with Crippen molar-refractivity contribution in [3.63, 3.8) is 0 Å². The number of nitriles is 1. The Hall–Kier alpha value is -1.15. The van der Waals surface area contributed by atoms with Gasteiger partial charge in [0.2, 0.25) is 5.13 Å². The van der Waals surface area contributed by atoms with Gasteiger partial charge in [0.05, 0.1) is 6.07 Å². The average molecular weight is 194 g/mol. The minimum absolute atomic E-state index is 0.227. The van der Waals surface area contributed by atoms with Gasteiger partial charge in [0.15, 0.2) is 0 Å². The van der Waals surface area contributed by atoms with E-state index in [1.807, 2.05) is 0 Å². The Kier molecular flexibility index (Phi) is 2.41. The third kappa shape index (κ3) is 1.95. The van der Waals surface area contributed by atoms with Gasteiger partial charge in [-0.25, -0.2) is 4.98 Å². The predicted octanol–water partition coefficient (Wildman–Crippen LogP) is 1.64. The van der Waals surface area contributed by atoms with E-state index < -0.39 is 0 Å². The average Bonchev–Trinajstić information content (AvgIpc) is 2.76. The molecule has 1 N–H and O–H groups in total. The number of hydrogen-bond acceptors (Lipinski definition) is 5. The van der Waals surface area contributed by atoms with Gasteiger partial charge in [-0.05, 0) is 19.3 Å². The SMILES string of the molecule is N#CC1CCC(Nc2ncns2)C1. The Morgan fingerprint density at radius 3 is 3.15 bits per heavy atom. The summed E-state index contributed by atoms with van der Waals surface area (Å²) in [5, 5.41) is 12.9. The molecule has 1 aromatic rings. The highest BCUT2D eigenvalue weighted by atomic mass is 32.1. The zero-order valence-electron chi connectivity index (χ0n) is 7.10. The Labute approximate surface area is 80.8 Å². The lowest BCUT2D eigenvalue weighted by Gasteiger charge is -2.08. The molecule has 4 nitrogen and oxygen atoms in total. The highest BCUT2D eigenvalue weighted by molar-refractivity contribution is 7.09. The Morgan fingerprint density at radius 1 is 1.62 bits per heavy atom. The molecule has 2 unspecified atom stereocenters. The second-order valence-electron chi connectivity index (χ2n) is 3.23. The van der Waals surface area contributed by atoms with E-state index in [0.29, 0.717) is 6.04 Å². The van der Waals surface area contributed by atoms with E-state index in [1.165, 1.54) is 11.5 Å². The van der Waals surface area contributed by atoms with Crippen molar-refractivity contribution in [1.29, 1.82) is 5.26 Å². The van der Waals surface area contributed by atoms with Crippen LogP contribution in [0.2, 0.25) is 0 Å². The van der Waals surface area contributed by atoms with Gasteiger partial charge in [-0.15, -0.1) is 0 Å². The third-order valence-electron chi connectivity index (χ3n) is 2.30. The first-order valence-electron chi connectivity index (χ1n) is 4.31. The zero-order valence-corrected chi connectivity index (χ0v) is 7.92. The predicted molar refractivity (Wildman–Crippen MR) is 50.3 cm³/mol. The summed E-state index contributed by atoms with van der Waals surface area (Å²) in [5.74, 6) is 0.227. The van der Waals surface area contributed by atoms with Gasteiger partial charge in [-0.1, -0.05) is 0 Å². The molecule has 1 aliphatic carbocycles. The third-order valence-corrected chi connectivity index (χ3v) is 2.90. The van der Waals surface area contributed by atoms with Crippen molar-refractivity contribution >= 4 is 16.7 Å². The molecule has 0 radical (unpaired) electrons. The highest BCUT2D eigenvalue weighted by Crippen LogP contribution is 2.27. The van der Waals surface area contributed by atoms with Crippen molar-refractivity contribution in [2.75, 3.05) is 5.32 Å². The van der Waals surface area contributed by atoms with Gasteiger partial charge >= 0.3 is 0 Å². The summed E-state index contributed by atoms with van der Waals surface area (Å²) in [5.41, 5.74) is 0. The second-order valence-corrected chi connectivity index (χ2v) is 4.01. The lowest BCUT2D eigenvalue weighted by atomic mass is 10.1. The van der Waals surface area contributed by atoms with Crippen LogP contribution in [-0.2, 0) is 0 Å². The van der Waals surface area contributed by atoms with Gasteiger partial charge in [0.25, 0.3) is 0 Å². The maximum absolute atomic E-state index is 8.71. The first-order chi connectivity index (χ1) is 6.38. The number of rotatable bonds is 2. The van der Waals surface area contributed by atoms with E-state index in [4.69, 9.17) is 5.26 Å². The van der Waals surface area contributed by atoms with Gasteiger partial charge in [-0.3, -0.25) is 0 Å².